The molecule has 1 fully saturated rings. The number of rotatable bonds is 3. The average Bonchev–Trinajstić information content (AvgIpc) is 2.77. The van der Waals surface area contributed by atoms with Gasteiger partial charge in [-0.15, -0.1) is 0 Å². The predicted octanol–water partition coefficient (Wildman–Crippen LogP) is 3.95. The van der Waals surface area contributed by atoms with Crippen LogP contribution in [0, 0.1) is 11.8 Å². The lowest BCUT2D eigenvalue weighted by molar-refractivity contribution is 0.423. The Hall–Kier alpha value is -0.540. The van der Waals surface area contributed by atoms with Gasteiger partial charge in [-0.25, -0.2) is 0 Å². The maximum absolute atomic E-state index is 5.94. The molecule has 0 amide bonds. The van der Waals surface area contributed by atoms with Crippen molar-refractivity contribution in [1.82, 2.24) is 0 Å². The second kappa shape index (κ2) is 5.62. The van der Waals surface area contributed by atoms with Crippen LogP contribution in [0.4, 0.5) is 5.69 Å². The topological polar surface area (TPSA) is 29.3 Å². The van der Waals surface area contributed by atoms with Crippen LogP contribution < -0.4 is 10.6 Å². The summed E-state index contributed by atoms with van der Waals surface area (Å²) >= 11 is 3.63. The minimum absolute atomic E-state index is 0.0791. The Kier molecular flexibility index (Phi) is 4.33. The summed E-state index contributed by atoms with van der Waals surface area (Å²) in [4.78, 5) is 2.49. The molecule has 2 N–H and O–H groups in total. The number of halogens is 1. The van der Waals surface area contributed by atoms with Gasteiger partial charge in [0.25, 0.3) is 0 Å². The summed E-state index contributed by atoms with van der Waals surface area (Å²) in [6.07, 6.45) is 1.31. The summed E-state index contributed by atoms with van der Waals surface area (Å²) in [6, 6.07) is 6.63. The van der Waals surface area contributed by atoms with E-state index in [0.717, 1.165) is 16.3 Å². The van der Waals surface area contributed by atoms with E-state index < -0.39 is 0 Å². The van der Waals surface area contributed by atoms with Gasteiger partial charge in [-0.2, -0.15) is 0 Å². The van der Waals surface area contributed by atoms with Crippen molar-refractivity contribution < 1.29 is 0 Å². The molecular weight excluding hydrogens is 288 g/mol. The number of nitrogens with two attached hydrogens (primary N) is 1. The van der Waals surface area contributed by atoms with Crippen LogP contribution in [0.2, 0.25) is 0 Å². The van der Waals surface area contributed by atoms with E-state index in [2.05, 4.69) is 52.9 Å². The van der Waals surface area contributed by atoms with Crippen LogP contribution >= 0.6 is 15.9 Å². The van der Waals surface area contributed by atoms with Crippen molar-refractivity contribution in [3.8, 4) is 0 Å². The molecule has 2 rings (SSSR count). The van der Waals surface area contributed by atoms with Crippen LogP contribution in [0.3, 0.4) is 0 Å². The van der Waals surface area contributed by atoms with E-state index >= 15 is 0 Å². The lowest BCUT2D eigenvalue weighted by Gasteiger charge is -2.21. The van der Waals surface area contributed by atoms with Gasteiger partial charge in [-0.3, -0.25) is 0 Å². The van der Waals surface area contributed by atoms with Crippen LogP contribution in [-0.2, 0) is 0 Å². The molecule has 1 aliphatic heterocycles. The summed E-state index contributed by atoms with van der Waals surface area (Å²) in [5.41, 5.74) is 8.43. The number of benzene rings is 1. The molecule has 0 spiro atoms. The Balaban J connectivity index is 2.13. The van der Waals surface area contributed by atoms with Crippen molar-refractivity contribution >= 4 is 21.6 Å². The lowest BCUT2D eigenvalue weighted by Crippen LogP contribution is -2.21. The van der Waals surface area contributed by atoms with Crippen molar-refractivity contribution in [1.29, 1.82) is 0 Å². The molecule has 2 nitrogen and oxygen atoms in total. The van der Waals surface area contributed by atoms with Crippen LogP contribution in [0.25, 0.3) is 0 Å². The smallest absolute Gasteiger partial charge is 0.0377 e. The molecule has 3 heteroatoms. The van der Waals surface area contributed by atoms with Crippen LogP contribution in [0.5, 0.6) is 0 Å². The fraction of sp³-hybridized carbons (Fsp3) is 0.600. The van der Waals surface area contributed by atoms with Gasteiger partial charge in [-0.05, 0) is 42.9 Å². The summed E-state index contributed by atoms with van der Waals surface area (Å²) in [5, 5.41) is 0. The highest BCUT2D eigenvalue weighted by atomic mass is 79.9. The van der Waals surface area contributed by atoms with Crippen LogP contribution in [0.15, 0.2) is 22.7 Å². The maximum Gasteiger partial charge on any atom is 0.0377 e. The third-order valence-electron chi connectivity index (χ3n) is 4.01. The molecule has 2 atom stereocenters. The first kappa shape index (κ1) is 13.9. The average molecular weight is 311 g/mol. The minimum atomic E-state index is 0.0791. The first-order valence-electron chi connectivity index (χ1n) is 6.79. The van der Waals surface area contributed by atoms with Gasteiger partial charge in [0.15, 0.2) is 0 Å². The molecular formula is C15H23BrN2. The van der Waals surface area contributed by atoms with Crippen molar-refractivity contribution in [3.05, 3.63) is 28.2 Å². The second-order valence-corrected chi connectivity index (χ2v) is 6.59. The summed E-state index contributed by atoms with van der Waals surface area (Å²) in [5.74, 6) is 1.61. The Morgan fingerprint density at radius 1 is 1.33 bits per heavy atom. The molecule has 0 aliphatic carbocycles. The Morgan fingerprint density at radius 2 is 2.06 bits per heavy atom. The van der Waals surface area contributed by atoms with Crippen molar-refractivity contribution in [3.63, 3.8) is 0 Å². The van der Waals surface area contributed by atoms with Gasteiger partial charge < -0.3 is 10.6 Å². The molecule has 0 aromatic heterocycles. The van der Waals surface area contributed by atoms with E-state index in [9.17, 15) is 0 Å². The fourth-order valence-corrected chi connectivity index (χ4v) is 3.38. The Bertz CT molecular complexity index is 415. The predicted molar refractivity (Wildman–Crippen MR) is 81.9 cm³/mol. The second-order valence-electron chi connectivity index (χ2n) is 5.73. The highest BCUT2D eigenvalue weighted by Gasteiger charge is 2.25. The number of hydrogen-bond acceptors (Lipinski definition) is 2. The molecule has 1 saturated heterocycles. The Morgan fingerprint density at radius 3 is 2.56 bits per heavy atom. The number of anilines is 1. The summed E-state index contributed by atoms with van der Waals surface area (Å²) in [7, 11) is 0. The van der Waals surface area contributed by atoms with Gasteiger partial charge in [0.05, 0.1) is 0 Å². The zero-order chi connectivity index (χ0) is 13.3. The highest BCUT2D eigenvalue weighted by molar-refractivity contribution is 9.10. The SMILES string of the molecule is CC(C)C1CCN(c2ccc([C@H](C)N)c(Br)c2)C1. The molecule has 0 radical (unpaired) electrons. The monoisotopic (exact) mass is 310 g/mol. The van der Waals surface area contributed by atoms with E-state index in [4.69, 9.17) is 5.73 Å². The molecule has 1 heterocycles. The lowest BCUT2D eigenvalue weighted by atomic mass is 9.95. The highest BCUT2D eigenvalue weighted by Crippen LogP contribution is 2.32. The van der Waals surface area contributed by atoms with Crippen molar-refractivity contribution in [2.24, 2.45) is 17.6 Å². The number of nitrogens with zero attached hydrogens (tertiary/aromatic N) is 1. The van der Waals surface area contributed by atoms with Gasteiger partial charge in [0.1, 0.15) is 0 Å². The first-order valence-corrected chi connectivity index (χ1v) is 7.58. The zero-order valence-electron chi connectivity index (χ0n) is 11.5. The van der Waals surface area contributed by atoms with Gasteiger partial charge >= 0.3 is 0 Å². The summed E-state index contributed by atoms with van der Waals surface area (Å²) < 4.78 is 1.13. The van der Waals surface area contributed by atoms with E-state index in [0.29, 0.717) is 0 Å². The Labute approximate surface area is 119 Å². The molecule has 1 aromatic rings. The molecule has 0 bridgehead atoms. The maximum atomic E-state index is 5.94. The standard InChI is InChI=1S/C15H23BrN2/c1-10(2)12-6-7-18(9-12)13-4-5-14(11(3)17)15(16)8-13/h4-5,8,10-12H,6-7,9,17H2,1-3H3/t11-,12?/m0/s1. The van der Waals surface area contributed by atoms with Gasteiger partial charge in [0, 0.05) is 29.3 Å². The van der Waals surface area contributed by atoms with E-state index in [1.165, 1.54) is 30.8 Å². The van der Waals surface area contributed by atoms with E-state index in [1.807, 2.05) is 6.92 Å². The molecule has 100 valence electrons. The number of hydrogen-bond donors (Lipinski definition) is 1. The molecule has 18 heavy (non-hydrogen) atoms. The molecule has 1 unspecified atom stereocenters. The summed E-state index contributed by atoms with van der Waals surface area (Å²) in [6.45, 7) is 9.02. The zero-order valence-corrected chi connectivity index (χ0v) is 13.1. The normalized spacial score (nSPS) is 21.7. The van der Waals surface area contributed by atoms with Crippen molar-refractivity contribution in [2.45, 2.75) is 33.2 Å². The first-order chi connectivity index (χ1) is 8.49. The molecule has 1 aliphatic rings. The van der Waals surface area contributed by atoms with Gasteiger partial charge in [-0.1, -0.05) is 35.8 Å². The molecule has 1 aromatic carbocycles. The van der Waals surface area contributed by atoms with E-state index in [1.54, 1.807) is 0 Å². The quantitative estimate of drug-likeness (QED) is 0.916. The van der Waals surface area contributed by atoms with E-state index in [-0.39, 0.29) is 6.04 Å². The van der Waals surface area contributed by atoms with Crippen LogP contribution in [-0.4, -0.2) is 13.1 Å². The fourth-order valence-electron chi connectivity index (χ4n) is 2.65. The third-order valence-corrected chi connectivity index (χ3v) is 4.69. The molecule has 0 saturated carbocycles. The third kappa shape index (κ3) is 2.89. The van der Waals surface area contributed by atoms with Gasteiger partial charge in [0.2, 0.25) is 0 Å². The minimum Gasteiger partial charge on any atom is -0.371 e. The van der Waals surface area contributed by atoms with Crippen LogP contribution in [0.1, 0.15) is 38.8 Å². The largest absolute Gasteiger partial charge is 0.371 e. The van der Waals surface area contributed by atoms with Crippen molar-refractivity contribution in [2.75, 3.05) is 18.0 Å².